The zero-order valence-corrected chi connectivity index (χ0v) is 23.4. The van der Waals surface area contributed by atoms with Crippen molar-refractivity contribution < 1.29 is 61.1 Å². The van der Waals surface area contributed by atoms with E-state index in [1.54, 1.807) is 30.3 Å². The van der Waals surface area contributed by atoms with E-state index in [2.05, 4.69) is 30.0 Å². The monoisotopic (exact) mass is 641 g/mol. The third-order valence-electron chi connectivity index (χ3n) is 4.82. The predicted octanol–water partition coefficient (Wildman–Crippen LogP) is 0.742. The number of phosphoric ester groups is 1. The molecule has 0 amide bonds. The minimum atomic E-state index is -5.73. The average molecular weight is 641 g/mol. The number of nitrogens with zero attached hydrogens (tertiary/aromatic N) is 2. The predicted molar refractivity (Wildman–Crippen MR) is 137 cm³/mol. The van der Waals surface area contributed by atoms with Crippen molar-refractivity contribution in [2.75, 3.05) is 18.1 Å². The van der Waals surface area contributed by atoms with Crippen molar-refractivity contribution >= 4 is 46.2 Å². The lowest BCUT2D eigenvalue weighted by Gasteiger charge is -2.19. The maximum Gasteiger partial charge on any atom is 0.490 e. The van der Waals surface area contributed by atoms with Crippen molar-refractivity contribution in [2.24, 2.45) is 0 Å². The van der Waals surface area contributed by atoms with Gasteiger partial charge in [-0.2, -0.15) is 13.6 Å². The molecule has 0 spiro atoms. The van der Waals surface area contributed by atoms with Gasteiger partial charge in [0.15, 0.2) is 0 Å². The van der Waals surface area contributed by atoms with Gasteiger partial charge in [0.05, 0.1) is 24.0 Å². The summed E-state index contributed by atoms with van der Waals surface area (Å²) in [7, 11) is -16.7. The van der Waals surface area contributed by atoms with E-state index < -0.39 is 54.2 Å². The molecule has 1 aliphatic heterocycles. The summed E-state index contributed by atoms with van der Waals surface area (Å²) in [6.45, 7) is -0.919. The summed E-state index contributed by atoms with van der Waals surface area (Å²) >= 11 is 0.954. The molecule has 5 unspecified atom stereocenters. The SMILES string of the molecule is Nc1nc(=O)n(C2CC(O)C(COP(=O)(O)OP(=O)(O)OP(=O)(O)O)O2)cc1C#CCSC(=O)c1ccccc1. The molecule has 1 saturated heterocycles. The number of rotatable bonds is 10. The molecule has 0 bridgehead atoms. The third-order valence-corrected chi connectivity index (χ3v) is 9.41. The molecule has 21 heteroatoms. The first-order chi connectivity index (χ1) is 18.6. The molecule has 2 heterocycles. The number of thioether (sulfide) groups is 1. The molecule has 1 aliphatic rings. The first kappa shape index (κ1) is 32.3. The number of aromatic nitrogens is 2. The molecule has 0 saturated carbocycles. The largest absolute Gasteiger partial charge is 0.490 e. The molecule has 1 fully saturated rings. The standard InChI is InChI=1S/C19H22N3O14P3S/c20-17-13(7-4-8-40-18(24)12-5-2-1-3-6-12)10-22(19(25)21-17)16-9-14(23)15(34-16)11-33-38(29,30)36-39(31,32)35-37(26,27)28/h1-3,5-6,10,14-16,23H,8-9,11H2,(H,29,30)(H,31,32)(H2,20,21,25)(H2,26,27,28). The van der Waals surface area contributed by atoms with Gasteiger partial charge in [-0.05, 0) is 0 Å². The molecule has 5 atom stereocenters. The molecule has 1 aromatic heterocycles. The fourth-order valence-electron chi connectivity index (χ4n) is 3.18. The van der Waals surface area contributed by atoms with E-state index in [0.29, 0.717) is 5.56 Å². The molecule has 7 N–H and O–H groups in total. The molecule has 0 radical (unpaired) electrons. The van der Waals surface area contributed by atoms with E-state index in [9.17, 15) is 38.2 Å². The van der Waals surface area contributed by atoms with Crippen LogP contribution in [0.2, 0.25) is 0 Å². The lowest BCUT2D eigenvalue weighted by molar-refractivity contribution is -0.0449. The highest BCUT2D eigenvalue weighted by molar-refractivity contribution is 8.14. The lowest BCUT2D eigenvalue weighted by Crippen LogP contribution is -2.29. The number of nitrogens with two attached hydrogens (primary N) is 1. The first-order valence-corrected chi connectivity index (χ1v) is 16.3. The van der Waals surface area contributed by atoms with Crippen LogP contribution in [0.15, 0.2) is 41.3 Å². The summed E-state index contributed by atoms with van der Waals surface area (Å²) in [6.07, 6.45) is -2.93. The van der Waals surface area contributed by atoms with Gasteiger partial charge in [0.2, 0.25) is 5.12 Å². The normalized spacial score (nSPS) is 22.1. The highest BCUT2D eigenvalue weighted by atomic mass is 32.2. The summed E-state index contributed by atoms with van der Waals surface area (Å²) < 4.78 is 52.1. The van der Waals surface area contributed by atoms with Crippen LogP contribution < -0.4 is 11.4 Å². The Bertz CT molecular complexity index is 1500. The van der Waals surface area contributed by atoms with Crippen LogP contribution in [0.5, 0.6) is 0 Å². The summed E-state index contributed by atoms with van der Waals surface area (Å²) in [5.41, 5.74) is 5.52. The van der Waals surface area contributed by atoms with Crippen LogP contribution in [-0.2, 0) is 31.6 Å². The Hall–Kier alpha value is -2.19. The minimum Gasteiger partial charge on any atom is -0.390 e. The topological polar surface area (TPSA) is 267 Å². The Morgan fingerprint density at radius 3 is 2.48 bits per heavy atom. The Balaban J connectivity index is 1.63. The lowest BCUT2D eigenvalue weighted by atomic mass is 10.2. The molecule has 3 rings (SSSR count). The van der Waals surface area contributed by atoms with E-state index in [1.165, 1.54) is 6.20 Å². The fourth-order valence-corrected chi connectivity index (χ4v) is 6.79. The Kier molecular flexibility index (Phi) is 10.7. The highest BCUT2D eigenvalue weighted by Crippen LogP contribution is 2.66. The number of phosphoric acid groups is 3. The average Bonchev–Trinajstić information content (AvgIpc) is 3.20. The second-order valence-electron chi connectivity index (χ2n) is 7.79. The van der Waals surface area contributed by atoms with E-state index >= 15 is 0 Å². The number of nitrogen functional groups attached to an aromatic ring is 1. The summed E-state index contributed by atoms with van der Waals surface area (Å²) in [5, 5.41) is 10.1. The van der Waals surface area contributed by atoms with Crippen molar-refractivity contribution in [3.8, 4) is 11.8 Å². The van der Waals surface area contributed by atoms with Gasteiger partial charge in [0.25, 0.3) is 0 Å². The third kappa shape index (κ3) is 9.72. The number of aliphatic hydroxyl groups is 1. The first-order valence-electron chi connectivity index (χ1n) is 10.8. The molecular weight excluding hydrogens is 619 g/mol. The van der Waals surface area contributed by atoms with E-state index in [-0.39, 0.29) is 28.7 Å². The molecule has 2 aromatic rings. The molecule has 40 heavy (non-hydrogen) atoms. The van der Waals surface area contributed by atoms with Crippen LogP contribution in [0.3, 0.4) is 0 Å². The van der Waals surface area contributed by atoms with Gasteiger partial charge in [0.1, 0.15) is 18.1 Å². The Morgan fingerprint density at radius 2 is 1.82 bits per heavy atom. The van der Waals surface area contributed by atoms with E-state index in [4.69, 9.17) is 20.3 Å². The molecule has 218 valence electrons. The van der Waals surface area contributed by atoms with Gasteiger partial charge < -0.3 is 35.2 Å². The smallest absolute Gasteiger partial charge is 0.390 e. The van der Waals surface area contributed by atoms with Gasteiger partial charge in [-0.3, -0.25) is 13.9 Å². The van der Waals surface area contributed by atoms with Crippen LogP contribution in [0.1, 0.15) is 28.6 Å². The van der Waals surface area contributed by atoms with E-state index in [0.717, 1.165) is 16.3 Å². The van der Waals surface area contributed by atoms with Gasteiger partial charge >= 0.3 is 29.2 Å². The highest BCUT2D eigenvalue weighted by Gasteiger charge is 2.43. The van der Waals surface area contributed by atoms with Crippen molar-refractivity contribution in [2.45, 2.75) is 24.9 Å². The van der Waals surface area contributed by atoms with Crippen LogP contribution in [0.25, 0.3) is 0 Å². The Labute approximate surface area is 229 Å². The van der Waals surface area contributed by atoms with Gasteiger partial charge in [0, 0.05) is 18.2 Å². The van der Waals surface area contributed by atoms with Crippen molar-refractivity contribution in [3.05, 3.63) is 58.1 Å². The Morgan fingerprint density at radius 1 is 1.15 bits per heavy atom. The van der Waals surface area contributed by atoms with Crippen LogP contribution in [0.4, 0.5) is 5.82 Å². The molecular formula is C19H22N3O14P3S. The quantitative estimate of drug-likeness (QED) is 0.154. The zero-order chi connectivity index (χ0) is 29.7. The summed E-state index contributed by atoms with van der Waals surface area (Å²) in [5.74, 6) is 5.34. The number of hydrogen-bond acceptors (Lipinski definition) is 13. The maximum atomic E-state index is 12.4. The van der Waals surface area contributed by atoms with Gasteiger partial charge in [-0.15, -0.1) is 0 Å². The number of carbonyl (C=O) groups excluding carboxylic acids is 1. The van der Waals surface area contributed by atoms with Crippen molar-refractivity contribution in [3.63, 3.8) is 0 Å². The second-order valence-corrected chi connectivity index (χ2v) is 13.2. The van der Waals surface area contributed by atoms with Crippen molar-refractivity contribution in [1.82, 2.24) is 9.55 Å². The van der Waals surface area contributed by atoms with Gasteiger partial charge in [-0.1, -0.05) is 53.9 Å². The number of ether oxygens (including phenoxy) is 1. The number of anilines is 1. The summed E-state index contributed by atoms with van der Waals surface area (Å²) in [4.78, 5) is 64.1. The van der Waals surface area contributed by atoms with Crippen molar-refractivity contribution in [1.29, 1.82) is 0 Å². The minimum absolute atomic E-state index is 0.105. The zero-order valence-electron chi connectivity index (χ0n) is 19.9. The van der Waals surface area contributed by atoms with Crippen LogP contribution in [-0.4, -0.2) is 63.9 Å². The number of benzene rings is 1. The summed E-state index contributed by atoms with van der Waals surface area (Å²) in [6, 6.07) is 8.54. The number of aliphatic hydroxyl groups excluding tert-OH is 1. The van der Waals surface area contributed by atoms with Crippen LogP contribution >= 0.6 is 35.2 Å². The van der Waals surface area contributed by atoms with Gasteiger partial charge in [-0.25, -0.2) is 18.5 Å². The molecule has 1 aromatic carbocycles. The van der Waals surface area contributed by atoms with E-state index in [1.807, 2.05) is 0 Å². The number of hydrogen-bond donors (Lipinski definition) is 6. The fraction of sp³-hybridized carbons (Fsp3) is 0.316. The second kappa shape index (κ2) is 13.2. The number of carbonyl (C=O) groups is 1. The molecule has 17 nitrogen and oxygen atoms in total. The maximum absolute atomic E-state index is 12.4. The molecule has 0 aliphatic carbocycles. The van der Waals surface area contributed by atoms with Crippen LogP contribution in [0, 0.1) is 11.8 Å².